The standard InChI is InChI=1S/C17H32N4O/c1-20-7-14(15(18)9-20)12-6-17(12)21-8-13(16(19)10-21)11-2-4-22-5-3-11/h11-17H,2-10,18-19H2,1H3/t12?,13-,14-,15+,16+,17?/m1/s1. The summed E-state index contributed by atoms with van der Waals surface area (Å²) in [7, 11) is 2.20. The summed E-state index contributed by atoms with van der Waals surface area (Å²) in [6.45, 7) is 6.43. The highest BCUT2D eigenvalue weighted by atomic mass is 16.5. The highest BCUT2D eigenvalue weighted by molar-refractivity contribution is 5.07. The van der Waals surface area contributed by atoms with Crippen LogP contribution in [0.2, 0.25) is 0 Å². The van der Waals surface area contributed by atoms with Gasteiger partial charge in [-0.1, -0.05) is 0 Å². The maximum atomic E-state index is 6.50. The topological polar surface area (TPSA) is 67.8 Å². The number of likely N-dealkylation sites (N-methyl/N-ethyl adjacent to an activating group) is 1. The summed E-state index contributed by atoms with van der Waals surface area (Å²) in [5, 5.41) is 0. The van der Waals surface area contributed by atoms with E-state index < -0.39 is 0 Å². The molecule has 4 fully saturated rings. The van der Waals surface area contributed by atoms with Crippen molar-refractivity contribution >= 4 is 0 Å². The third kappa shape index (κ3) is 2.82. The summed E-state index contributed by atoms with van der Waals surface area (Å²) in [5.41, 5.74) is 12.8. The molecule has 0 aromatic carbocycles. The van der Waals surface area contributed by atoms with Gasteiger partial charge in [-0.3, -0.25) is 4.90 Å². The van der Waals surface area contributed by atoms with Crippen LogP contribution < -0.4 is 11.5 Å². The van der Waals surface area contributed by atoms with E-state index in [0.29, 0.717) is 23.9 Å². The van der Waals surface area contributed by atoms with E-state index in [1.54, 1.807) is 0 Å². The van der Waals surface area contributed by atoms with Gasteiger partial charge in [0, 0.05) is 57.5 Å². The van der Waals surface area contributed by atoms with E-state index in [0.717, 1.165) is 44.2 Å². The van der Waals surface area contributed by atoms with Crippen LogP contribution in [0, 0.1) is 23.7 Å². The van der Waals surface area contributed by atoms with E-state index in [1.807, 2.05) is 0 Å². The van der Waals surface area contributed by atoms with Crippen LogP contribution in [0.3, 0.4) is 0 Å². The lowest BCUT2D eigenvalue weighted by atomic mass is 9.83. The first-order valence-corrected chi connectivity index (χ1v) is 9.15. The third-order valence-corrected chi connectivity index (χ3v) is 6.73. The fourth-order valence-electron chi connectivity index (χ4n) is 5.40. The molecule has 0 radical (unpaired) electrons. The Morgan fingerprint density at radius 3 is 2.27 bits per heavy atom. The molecule has 6 atom stereocenters. The molecule has 22 heavy (non-hydrogen) atoms. The fourth-order valence-corrected chi connectivity index (χ4v) is 5.40. The van der Waals surface area contributed by atoms with Crippen LogP contribution >= 0.6 is 0 Å². The molecule has 3 aliphatic heterocycles. The Labute approximate surface area is 134 Å². The third-order valence-electron chi connectivity index (χ3n) is 6.73. The molecule has 4 rings (SSSR count). The maximum Gasteiger partial charge on any atom is 0.0468 e. The molecule has 0 amide bonds. The van der Waals surface area contributed by atoms with Crippen molar-refractivity contribution in [3.63, 3.8) is 0 Å². The van der Waals surface area contributed by atoms with Gasteiger partial charge in [0.25, 0.3) is 0 Å². The minimum Gasteiger partial charge on any atom is -0.381 e. The lowest BCUT2D eigenvalue weighted by Gasteiger charge is -2.29. The summed E-state index contributed by atoms with van der Waals surface area (Å²) in [5.74, 6) is 2.99. The van der Waals surface area contributed by atoms with Crippen LogP contribution in [-0.4, -0.2) is 74.4 Å². The van der Waals surface area contributed by atoms with Gasteiger partial charge in [0.2, 0.25) is 0 Å². The van der Waals surface area contributed by atoms with Crippen molar-refractivity contribution in [3.8, 4) is 0 Å². The molecule has 5 nitrogen and oxygen atoms in total. The van der Waals surface area contributed by atoms with Gasteiger partial charge in [-0.15, -0.1) is 0 Å². The van der Waals surface area contributed by atoms with Gasteiger partial charge >= 0.3 is 0 Å². The van der Waals surface area contributed by atoms with Gasteiger partial charge in [0.1, 0.15) is 0 Å². The SMILES string of the molecule is CN1C[C@H](C2CC2N2C[C@H](C3CCOCC3)[C@@H](N)C2)[C@@H](N)C1. The van der Waals surface area contributed by atoms with E-state index in [2.05, 4.69) is 16.8 Å². The molecule has 2 unspecified atom stereocenters. The average Bonchev–Trinajstić information content (AvgIpc) is 3.09. The molecule has 0 bridgehead atoms. The molecular weight excluding hydrogens is 276 g/mol. The van der Waals surface area contributed by atoms with Crippen molar-refractivity contribution in [2.45, 2.75) is 37.4 Å². The van der Waals surface area contributed by atoms with Gasteiger partial charge in [0.05, 0.1) is 0 Å². The average molecular weight is 308 g/mol. The number of nitrogens with two attached hydrogens (primary N) is 2. The molecule has 5 heteroatoms. The van der Waals surface area contributed by atoms with Crippen molar-refractivity contribution in [2.24, 2.45) is 35.1 Å². The number of likely N-dealkylation sites (tertiary alicyclic amines) is 2. The first-order chi connectivity index (χ1) is 10.6. The van der Waals surface area contributed by atoms with E-state index in [4.69, 9.17) is 16.2 Å². The highest BCUT2D eigenvalue weighted by Crippen LogP contribution is 2.47. The second-order valence-electron chi connectivity index (χ2n) is 8.25. The number of nitrogens with zero attached hydrogens (tertiary/aromatic N) is 2. The largest absolute Gasteiger partial charge is 0.381 e. The quantitative estimate of drug-likeness (QED) is 0.765. The van der Waals surface area contributed by atoms with Crippen LogP contribution in [0.5, 0.6) is 0 Å². The second kappa shape index (κ2) is 6.02. The molecule has 4 N–H and O–H groups in total. The molecule has 3 heterocycles. The van der Waals surface area contributed by atoms with Gasteiger partial charge in [-0.25, -0.2) is 0 Å². The Morgan fingerprint density at radius 2 is 1.59 bits per heavy atom. The normalized spacial score (nSPS) is 48.1. The molecule has 0 aromatic rings. The lowest BCUT2D eigenvalue weighted by Crippen LogP contribution is -2.36. The predicted molar refractivity (Wildman–Crippen MR) is 87.4 cm³/mol. The zero-order chi connectivity index (χ0) is 15.3. The first-order valence-electron chi connectivity index (χ1n) is 9.15. The van der Waals surface area contributed by atoms with E-state index >= 15 is 0 Å². The minimum atomic E-state index is 0.365. The smallest absolute Gasteiger partial charge is 0.0468 e. The van der Waals surface area contributed by atoms with Crippen molar-refractivity contribution in [2.75, 3.05) is 46.4 Å². The van der Waals surface area contributed by atoms with E-state index in [9.17, 15) is 0 Å². The van der Waals surface area contributed by atoms with E-state index in [1.165, 1.54) is 32.4 Å². The molecule has 126 valence electrons. The molecule has 4 aliphatic rings. The van der Waals surface area contributed by atoms with Gasteiger partial charge in [-0.2, -0.15) is 0 Å². The van der Waals surface area contributed by atoms with Gasteiger partial charge < -0.3 is 21.1 Å². The van der Waals surface area contributed by atoms with Gasteiger partial charge in [0.15, 0.2) is 0 Å². The Bertz CT molecular complexity index is 400. The molecule has 0 spiro atoms. The summed E-state index contributed by atoms with van der Waals surface area (Å²) in [6, 6.07) is 1.50. The van der Waals surface area contributed by atoms with Crippen molar-refractivity contribution in [3.05, 3.63) is 0 Å². The van der Waals surface area contributed by atoms with Crippen molar-refractivity contribution in [1.82, 2.24) is 9.80 Å². The van der Waals surface area contributed by atoms with Crippen molar-refractivity contribution in [1.29, 1.82) is 0 Å². The minimum absolute atomic E-state index is 0.365. The number of rotatable bonds is 3. The van der Waals surface area contributed by atoms with Crippen molar-refractivity contribution < 1.29 is 4.74 Å². The molecule has 1 saturated carbocycles. The van der Waals surface area contributed by atoms with E-state index in [-0.39, 0.29) is 0 Å². The number of hydrogen-bond donors (Lipinski definition) is 2. The molecular formula is C17H32N4O. The number of ether oxygens (including phenoxy) is 1. The van der Waals surface area contributed by atoms with Crippen LogP contribution in [0.1, 0.15) is 19.3 Å². The van der Waals surface area contributed by atoms with Crippen LogP contribution in [-0.2, 0) is 4.74 Å². The fraction of sp³-hybridized carbons (Fsp3) is 1.00. The highest BCUT2D eigenvalue weighted by Gasteiger charge is 2.52. The molecule has 0 aromatic heterocycles. The summed E-state index contributed by atoms with van der Waals surface area (Å²) in [4.78, 5) is 5.09. The Hall–Kier alpha value is -0.200. The lowest BCUT2D eigenvalue weighted by molar-refractivity contribution is 0.0455. The Kier molecular flexibility index (Phi) is 4.20. The monoisotopic (exact) mass is 308 g/mol. The summed E-state index contributed by atoms with van der Waals surface area (Å²) in [6.07, 6.45) is 3.76. The maximum absolute atomic E-state index is 6.50. The van der Waals surface area contributed by atoms with Gasteiger partial charge in [-0.05, 0) is 50.0 Å². The number of hydrogen-bond acceptors (Lipinski definition) is 5. The molecule has 3 saturated heterocycles. The van der Waals surface area contributed by atoms with Crippen LogP contribution in [0.25, 0.3) is 0 Å². The van der Waals surface area contributed by atoms with Crippen LogP contribution in [0.4, 0.5) is 0 Å². The predicted octanol–water partition coefficient (Wildman–Crippen LogP) is -0.0505. The second-order valence-corrected chi connectivity index (χ2v) is 8.25. The Morgan fingerprint density at radius 1 is 0.864 bits per heavy atom. The summed E-state index contributed by atoms with van der Waals surface area (Å²) < 4.78 is 5.51. The van der Waals surface area contributed by atoms with Crippen LogP contribution in [0.15, 0.2) is 0 Å². The Balaban J connectivity index is 1.33. The first kappa shape index (κ1) is 15.3. The summed E-state index contributed by atoms with van der Waals surface area (Å²) >= 11 is 0. The zero-order valence-electron chi connectivity index (χ0n) is 13.9. The zero-order valence-corrected chi connectivity index (χ0v) is 13.9. The molecule has 1 aliphatic carbocycles.